The minimum absolute atomic E-state index is 0.152. The van der Waals surface area contributed by atoms with Crippen LogP contribution in [0, 0.1) is 0 Å². The monoisotopic (exact) mass is 200 g/mol. The highest BCUT2D eigenvalue weighted by Crippen LogP contribution is 2.12. The predicted octanol–water partition coefficient (Wildman–Crippen LogP) is 0.185. The summed E-state index contributed by atoms with van der Waals surface area (Å²) in [7, 11) is 5.54. The third-order valence-corrected chi connectivity index (χ3v) is 2.83. The first-order chi connectivity index (χ1) is 6.63. The maximum absolute atomic E-state index is 11.1. The molecule has 1 saturated heterocycles. The average Bonchev–Trinajstić information content (AvgIpc) is 2.17. The molecule has 4 heteroatoms. The number of likely N-dealkylation sites (N-methyl/N-ethyl adjacent to an activating group) is 2. The Morgan fingerprint density at radius 1 is 1.64 bits per heavy atom. The van der Waals surface area contributed by atoms with E-state index in [1.165, 1.54) is 26.5 Å². The highest BCUT2D eigenvalue weighted by Gasteiger charge is 2.22. The molecule has 1 unspecified atom stereocenters. The Morgan fingerprint density at radius 3 is 2.93 bits per heavy atom. The minimum Gasteiger partial charge on any atom is -0.468 e. The summed E-state index contributed by atoms with van der Waals surface area (Å²) < 4.78 is 4.64. The van der Waals surface area contributed by atoms with E-state index in [4.69, 9.17) is 0 Å². The highest BCUT2D eigenvalue weighted by atomic mass is 16.5. The zero-order chi connectivity index (χ0) is 10.6. The van der Waals surface area contributed by atoms with E-state index in [9.17, 15) is 4.79 Å². The number of piperidine rings is 1. The van der Waals surface area contributed by atoms with Crippen LogP contribution in [0.5, 0.6) is 0 Å². The highest BCUT2D eigenvalue weighted by molar-refractivity contribution is 5.71. The fourth-order valence-electron chi connectivity index (χ4n) is 1.90. The zero-order valence-electron chi connectivity index (χ0n) is 9.32. The fraction of sp³-hybridized carbons (Fsp3) is 0.900. The van der Waals surface area contributed by atoms with Crippen LogP contribution in [0.15, 0.2) is 0 Å². The Hall–Kier alpha value is -0.610. The van der Waals surface area contributed by atoms with Gasteiger partial charge in [0.25, 0.3) is 0 Å². The van der Waals surface area contributed by atoms with Crippen molar-refractivity contribution in [2.75, 3.05) is 40.8 Å². The molecular weight excluding hydrogens is 180 g/mol. The van der Waals surface area contributed by atoms with E-state index in [0.717, 1.165) is 6.54 Å². The Balaban J connectivity index is 2.35. The summed E-state index contributed by atoms with van der Waals surface area (Å²) in [6.45, 7) is 2.62. The van der Waals surface area contributed by atoms with Gasteiger partial charge < -0.3 is 9.64 Å². The van der Waals surface area contributed by atoms with Gasteiger partial charge in [0.15, 0.2) is 0 Å². The topological polar surface area (TPSA) is 32.8 Å². The molecule has 0 aliphatic carbocycles. The van der Waals surface area contributed by atoms with Crippen molar-refractivity contribution in [2.45, 2.75) is 18.9 Å². The summed E-state index contributed by atoms with van der Waals surface area (Å²) in [5.41, 5.74) is 0. The molecule has 0 radical (unpaired) electrons. The molecule has 1 aliphatic rings. The van der Waals surface area contributed by atoms with Crippen LogP contribution >= 0.6 is 0 Å². The molecule has 14 heavy (non-hydrogen) atoms. The number of likely N-dealkylation sites (tertiary alicyclic amines) is 1. The van der Waals surface area contributed by atoms with Crippen molar-refractivity contribution in [1.29, 1.82) is 0 Å². The molecule has 0 bridgehead atoms. The number of hydrogen-bond acceptors (Lipinski definition) is 4. The van der Waals surface area contributed by atoms with Crippen LogP contribution in [0.25, 0.3) is 0 Å². The molecule has 1 heterocycles. The van der Waals surface area contributed by atoms with Crippen LogP contribution in [-0.4, -0.2) is 62.7 Å². The summed E-state index contributed by atoms with van der Waals surface area (Å²) in [6.07, 6.45) is 2.39. The van der Waals surface area contributed by atoms with E-state index < -0.39 is 0 Å². The quantitative estimate of drug-likeness (QED) is 0.609. The summed E-state index contributed by atoms with van der Waals surface area (Å²) in [6, 6.07) is 0.493. The first kappa shape index (κ1) is 11.5. The molecule has 0 aromatic heterocycles. The van der Waals surface area contributed by atoms with Gasteiger partial charge in [-0.3, -0.25) is 9.69 Å². The largest absolute Gasteiger partial charge is 0.468 e. The zero-order valence-corrected chi connectivity index (χ0v) is 9.32. The van der Waals surface area contributed by atoms with Gasteiger partial charge in [-0.25, -0.2) is 0 Å². The third kappa shape index (κ3) is 3.27. The molecule has 82 valence electrons. The van der Waals surface area contributed by atoms with Crippen molar-refractivity contribution in [3.8, 4) is 0 Å². The number of carbonyl (C=O) groups is 1. The SMILES string of the molecule is COC(=O)CN(C)C1CCCN(C)C1. The van der Waals surface area contributed by atoms with Crippen molar-refractivity contribution in [3.05, 3.63) is 0 Å². The van der Waals surface area contributed by atoms with E-state index in [2.05, 4.69) is 21.6 Å². The van der Waals surface area contributed by atoms with Gasteiger partial charge in [0.1, 0.15) is 0 Å². The van der Waals surface area contributed by atoms with Crippen LogP contribution in [0.3, 0.4) is 0 Å². The Bertz CT molecular complexity index is 197. The second-order valence-electron chi connectivity index (χ2n) is 4.05. The summed E-state index contributed by atoms with van der Waals surface area (Å²) in [5.74, 6) is -0.152. The molecule has 0 N–H and O–H groups in total. The van der Waals surface area contributed by atoms with E-state index in [1.807, 2.05) is 7.05 Å². The average molecular weight is 200 g/mol. The van der Waals surface area contributed by atoms with Crippen molar-refractivity contribution in [2.24, 2.45) is 0 Å². The van der Waals surface area contributed by atoms with E-state index >= 15 is 0 Å². The molecule has 1 aliphatic heterocycles. The molecule has 1 fully saturated rings. The van der Waals surface area contributed by atoms with Gasteiger partial charge in [-0.05, 0) is 33.5 Å². The Kier molecular flexibility index (Phi) is 4.35. The predicted molar refractivity (Wildman–Crippen MR) is 55.2 cm³/mol. The second kappa shape index (κ2) is 5.32. The van der Waals surface area contributed by atoms with Crippen LogP contribution in [0.4, 0.5) is 0 Å². The van der Waals surface area contributed by atoms with Gasteiger partial charge >= 0.3 is 5.97 Å². The molecule has 0 saturated carbocycles. The van der Waals surface area contributed by atoms with Gasteiger partial charge in [-0.1, -0.05) is 0 Å². The van der Waals surface area contributed by atoms with Gasteiger partial charge in [0, 0.05) is 12.6 Å². The lowest BCUT2D eigenvalue weighted by Gasteiger charge is -2.35. The van der Waals surface area contributed by atoms with Gasteiger partial charge in [-0.2, -0.15) is 0 Å². The lowest BCUT2D eigenvalue weighted by molar-refractivity contribution is -0.142. The standard InChI is InChI=1S/C10H20N2O2/c1-11-6-4-5-9(7-11)12(2)8-10(13)14-3/h9H,4-8H2,1-3H3. The summed E-state index contributed by atoms with van der Waals surface area (Å²) >= 11 is 0. The molecule has 0 aromatic carbocycles. The second-order valence-corrected chi connectivity index (χ2v) is 4.05. The number of ether oxygens (including phenoxy) is 1. The molecule has 1 atom stereocenters. The number of rotatable bonds is 3. The van der Waals surface area contributed by atoms with E-state index in [0.29, 0.717) is 12.6 Å². The molecule has 0 aromatic rings. The smallest absolute Gasteiger partial charge is 0.319 e. The summed E-state index contributed by atoms with van der Waals surface area (Å²) in [4.78, 5) is 15.5. The molecule has 0 amide bonds. The van der Waals surface area contributed by atoms with Crippen molar-refractivity contribution < 1.29 is 9.53 Å². The number of nitrogens with zero attached hydrogens (tertiary/aromatic N) is 2. The minimum atomic E-state index is -0.152. The number of methoxy groups -OCH3 is 1. The molecule has 1 rings (SSSR count). The molecule has 4 nitrogen and oxygen atoms in total. The van der Waals surface area contributed by atoms with Crippen molar-refractivity contribution in [1.82, 2.24) is 9.80 Å². The number of esters is 1. The Labute approximate surface area is 85.8 Å². The first-order valence-electron chi connectivity index (χ1n) is 5.09. The molecular formula is C10H20N2O2. The first-order valence-corrected chi connectivity index (χ1v) is 5.09. The van der Waals surface area contributed by atoms with Crippen LogP contribution < -0.4 is 0 Å². The van der Waals surface area contributed by atoms with Crippen molar-refractivity contribution >= 4 is 5.97 Å². The number of carbonyl (C=O) groups excluding carboxylic acids is 1. The van der Waals surface area contributed by atoms with Gasteiger partial charge in [0.2, 0.25) is 0 Å². The number of hydrogen-bond donors (Lipinski definition) is 0. The lowest BCUT2D eigenvalue weighted by Crippen LogP contribution is -2.46. The van der Waals surface area contributed by atoms with Gasteiger partial charge in [-0.15, -0.1) is 0 Å². The van der Waals surface area contributed by atoms with Crippen LogP contribution in [0.2, 0.25) is 0 Å². The lowest BCUT2D eigenvalue weighted by atomic mass is 10.1. The van der Waals surface area contributed by atoms with Crippen molar-refractivity contribution in [3.63, 3.8) is 0 Å². The maximum atomic E-state index is 11.1. The van der Waals surface area contributed by atoms with E-state index in [-0.39, 0.29) is 5.97 Å². The van der Waals surface area contributed by atoms with Gasteiger partial charge in [0.05, 0.1) is 13.7 Å². The normalized spacial score (nSPS) is 23.9. The fourth-order valence-corrected chi connectivity index (χ4v) is 1.90. The van der Waals surface area contributed by atoms with Crippen LogP contribution in [-0.2, 0) is 9.53 Å². The molecule has 0 spiro atoms. The summed E-state index contributed by atoms with van der Waals surface area (Å²) in [5, 5.41) is 0. The maximum Gasteiger partial charge on any atom is 0.319 e. The van der Waals surface area contributed by atoms with E-state index in [1.54, 1.807) is 0 Å². The Morgan fingerprint density at radius 2 is 2.36 bits per heavy atom. The van der Waals surface area contributed by atoms with Crippen LogP contribution in [0.1, 0.15) is 12.8 Å². The third-order valence-electron chi connectivity index (χ3n) is 2.83.